The van der Waals surface area contributed by atoms with Gasteiger partial charge in [0.2, 0.25) is 0 Å². The number of hydrogen-bond acceptors (Lipinski definition) is 3. The van der Waals surface area contributed by atoms with E-state index >= 15 is 0 Å². The van der Waals surface area contributed by atoms with Crippen LogP contribution in [0.25, 0.3) is 0 Å². The largest absolute Gasteiger partial charge is 0.480 e. The van der Waals surface area contributed by atoms with Crippen LogP contribution in [0.3, 0.4) is 0 Å². The molecule has 1 aromatic heterocycles. The molecule has 0 radical (unpaired) electrons. The molecule has 8 heteroatoms. The summed E-state index contributed by atoms with van der Waals surface area (Å²) in [5, 5.41) is 17.2. The highest BCUT2D eigenvalue weighted by atomic mass is 19.1. The van der Waals surface area contributed by atoms with Gasteiger partial charge >= 0.3 is 12.0 Å². The van der Waals surface area contributed by atoms with Gasteiger partial charge in [0.15, 0.2) is 0 Å². The van der Waals surface area contributed by atoms with Crippen molar-refractivity contribution in [1.82, 2.24) is 9.78 Å². The van der Waals surface area contributed by atoms with Gasteiger partial charge in [0.1, 0.15) is 12.4 Å². The zero-order chi connectivity index (χ0) is 14.5. The number of carbonyl (C=O) groups excluding carboxylic acids is 1. The minimum Gasteiger partial charge on any atom is -0.480 e. The minimum absolute atomic E-state index is 0.298. The van der Waals surface area contributed by atoms with Crippen molar-refractivity contribution in [2.45, 2.75) is 6.54 Å². The van der Waals surface area contributed by atoms with E-state index in [1.54, 1.807) is 0 Å². The topological polar surface area (TPSA) is 96.2 Å². The average Bonchev–Trinajstić information content (AvgIpc) is 2.75. The first-order chi connectivity index (χ1) is 9.52. The Morgan fingerprint density at radius 2 is 2.05 bits per heavy atom. The highest BCUT2D eigenvalue weighted by Crippen LogP contribution is 2.10. The van der Waals surface area contributed by atoms with Crippen LogP contribution in [0.15, 0.2) is 36.7 Å². The average molecular weight is 278 g/mol. The summed E-state index contributed by atoms with van der Waals surface area (Å²) < 4.78 is 14.1. The van der Waals surface area contributed by atoms with Crippen molar-refractivity contribution in [1.29, 1.82) is 0 Å². The Morgan fingerprint density at radius 3 is 2.75 bits per heavy atom. The maximum absolute atomic E-state index is 12.9. The molecule has 0 aliphatic rings. The number of carboxylic acids is 1. The van der Waals surface area contributed by atoms with Crippen molar-refractivity contribution < 1.29 is 19.1 Å². The van der Waals surface area contributed by atoms with Gasteiger partial charge in [-0.2, -0.15) is 5.10 Å². The number of carboxylic acid groups (broad SMARTS) is 1. The number of halogens is 1. The molecule has 0 aliphatic heterocycles. The number of rotatable bonds is 4. The highest BCUT2D eigenvalue weighted by Gasteiger charge is 2.06. The second-order valence-electron chi connectivity index (χ2n) is 3.91. The molecule has 2 amide bonds. The van der Waals surface area contributed by atoms with Crippen molar-refractivity contribution in [2.24, 2.45) is 0 Å². The molecule has 0 aliphatic carbocycles. The van der Waals surface area contributed by atoms with Crippen molar-refractivity contribution in [3.63, 3.8) is 0 Å². The van der Waals surface area contributed by atoms with Crippen LogP contribution in [0.1, 0.15) is 0 Å². The Morgan fingerprint density at radius 1 is 1.30 bits per heavy atom. The molecule has 1 aromatic carbocycles. The van der Waals surface area contributed by atoms with Gasteiger partial charge < -0.3 is 15.7 Å². The lowest BCUT2D eigenvalue weighted by molar-refractivity contribution is -0.137. The second-order valence-corrected chi connectivity index (χ2v) is 3.91. The lowest BCUT2D eigenvalue weighted by atomic mass is 10.3. The summed E-state index contributed by atoms with van der Waals surface area (Å²) in [5.74, 6) is -1.50. The van der Waals surface area contributed by atoms with E-state index in [4.69, 9.17) is 5.11 Å². The standard InChI is InChI=1S/C12H11FN4O3/c13-8-2-1-3-9(4-8)15-12(20)16-10-5-14-17(6-10)7-11(18)19/h1-6H,7H2,(H,18,19)(H2,15,16,20). The van der Waals surface area contributed by atoms with Crippen molar-refractivity contribution >= 4 is 23.4 Å². The Labute approximate surface area is 113 Å². The summed E-state index contributed by atoms with van der Waals surface area (Å²) in [7, 11) is 0. The molecule has 2 rings (SSSR count). The van der Waals surface area contributed by atoms with Crippen LogP contribution in [0.5, 0.6) is 0 Å². The molecular weight excluding hydrogens is 267 g/mol. The maximum Gasteiger partial charge on any atom is 0.325 e. The minimum atomic E-state index is -1.04. The zero-order valence-corrected chi connectivity index (χ0v) is 10.2. The number of nitrogens with zero attached hydrogens (tertiary/aromatic N) is 2. The number of hydrogen-bond donors (Lipinski definition) is 3. The van der Waals surface area contributed by atoms with E-state index in [1.807, 2.05) is 0 Å². The normalized spacial score (nSPS) is 10.1. The van der Waals surface area contributed by atoms with Gasteiger partial charge in [-0.05, 0) is 18.2 Å². The Kier molecular flexibility index (Phi) is 3.94. The van der Waals surface area contributed by atoms with E-state index in [1.165, 1.54) is 41.3 Å². The van der Waals surface area contributed by atoms with Crippen molar-refractivity contribution in [3.8, 4) is 0 Å². The lowest BCUT2D eigenvalue weighted by Crippen LogP contribution is -2.19. The summed E-state index contributed by atoms with van der Waals surface area (Å²) in [4.78, 5) is 22.1. The lowest BCUT2D eigenvalue weighted by Gasteiger charge is -2.05. The predicted molar refractivity (Wildman–Crippen MR) is 68.9 cm³/mol. The molecule has 0 atom stereocenters. The molecule has 7 nitrogen and oxygen atoms in total. The smallest absolute Gasteiger partial charge is 0.325 e. The molecule has 3 N–H and O–H groups in total. The third-order valence-corrected chi connectivity index (χ3v) is 2.27. The summed E-state index contributed by atoms with van der Waals surface area (Å²) in [5.41, 5.74) is 0.639. The van der Waals surface area contributed by atoms with Gasteiger partial charge in [-0.25, -0.2) is 9.18 Å². The van der Waals surface area contributed by atoms with Gasteiger partial charge in [-0.15, -0.1) is 0 Å². The number of urea groups is 1. The summed E-state index contributed by atoms with van der Waals surface area (Å²) >= 11 is 0. The Hall–Kier alpha value is -2.90. The van der Waals surface area contributed by atoms with Crippen LogP contribution in [0.2, 0.25) is 0 Å². The number of anilines is 2. The van der Waals surface area contributed by atoms with E-state index in [9.17, 15) is 14.0 Å². The molecule has 20 heavy (non-hydrogen) atoms. The van der Waals surface area contributed by atoms with E-state index in [0.29, 0.717) is 11.4 Å². The molecule has 0 saturated heterocycles. The maximum atomic E-state index is 12.9. The van der Waals surface area contributed by atoms with Crippen LogP contribution in [-0.4, -0.2) is 26.9 Å². The van der Waals surface area contributed by atoms with E-state index in [-0.39, 0.29) is 6.54 Å². The molecular formula is C12H11FN4O3. The Balaban J connectivity index is 1.94. The van der Waals surface area contributed by atoms with Crippen LogP contribution in [0.4, 0.5) is 20.6 Å². The molecule has 0 spiro atoms. The second kappa shape index (κ2) is 5.83. The number of aliphatic carboxylic acids is 1. The first-order valence-electron chi connectivity index (χ1n) is 5.61. The summed E-state index contributed by atoms with van der Waals surface area (Å²) in [6.07, 6.45) is 2.69. The molecule has 2 aromatic rings. The highest BCUT2D eigenvalue weighted by molar-refractivity contribution is 5.99. The van der Waals surface area contributed by atoms with Gasteiger partial charge in [-0.1, -0.05) is 6.07 Å². The predicted octanol–water partition coefficient (Wildman–Crippen LogP) is 1.75. The van der Waals surface area contributed by atoms with Crippen molar-refractivity contribution in [2.75, 3.05) is 10.6 Å². The van der Waals surface area contributed by atoms with Gasteiger partial charge in [0.25, 0.3) is 0 Å². The fourth-order valence-corrected chi connectivity index (χ4v) is 1.51. The molecule has 0 unspecified atom stereocenters. The monoisotopic (exact) mass is 278 g/mol. The first kappa shape index (κ1) is 13.5. The molecule has 104 valence electrons. The third-order valence-electron chi connectivity index (χ3n) is 2.27. The molecule has 0 saturated carbocycles. The number of carbonyl (C=O) groups is 2. The zero-order valence-electron chi connectivity index (χ0n) is 10.2. The third kappa shape index (κ3) is 3.80. The molecule has 0 fully saturated rings. The number of benzene rings is 1. The van der Waals surface area contributed by atoms with Crippen LogP contribution < -0.4 is 10.6 Å². The SMILES string of the molecule is O=C(O)Cn1cc(NC(=O)Nc2cccc(F)c2)cn1. The fraction of sp³-hybridized carbons (Fsp3) is 0.0833. The quantitative estimate of drug-likeness (QED) is 0.793. The van der Waals surface area contributed by atoms with E-state index < -0.39 is 17.8 Å². The van der Waals surface area contributed by atoms with Gasteiger partial charge in [-0.3, -0.25) is 9.48 Å². The van der Waals surface area contributed by atoms with Crippen LogP contribution >= 0.6 is 0 Å². The first-order valence-corrected chi connectivity index (χ1v) is 5.61. The number of nitrogens with one attached hydrogen (secondary N) is 2. The molecule has 1 heterocycles. The van der Waals surface area contributed by atoms with Crippen LogP contribution in [-0.2, 0) is 11.3 Å². The van der Waals surface area contributed by atoms with Gasteiger partial charge in [0, 0.05) is 11.9 Å². The molecule has 0 bridgehead atoms. The summed E-state index contributed by atoms with van der Waals surface area (Å²) in [6.45, 7) is -0.298. The number of aromatic nitrogens is 2. The van der Waals surface area contributed by atoms with E-state index in [0.717, 1.165) is 0 Å². The summed E-state index contributed by atoms with van der Waals surface area (Å²) in [6, 6.07) is 4.86. The Bertz CT molecular complexity index is 641. The number of amides is 2. The van der Waals surface area contributed by atoms with E-state index in [2.05, 4.69) is 15.7 Å². The van der Waals surface area contributed by atoms with Gasteiger partial charge in [0.05, 0.1) is 11.9 Å². The van der Waals surface area contributed by atoms with Crippen molar-refractivity contribution in [3.05, 3.63) is 42.5 Å². The fourth-order valence-electron chi connectivity index (χ4n) is 1.51. The van der Waals surface area contributed by atoms with Crippen LogP contribution in [0, 0.1) is 5.82 Å².